The zero-order valence-corrected chi connectivity index (χ0v) is 12.6. The predicted molar refractivity (Wildman–Crippen MR) is 87.4 cm³/mol. The maximum Gasteiger partial charge on any atom is 0.0827 e. The topological polar surface area (TPSA) is 32.3 Å². The molecule has 2 atom stereocenters. The number of aliphatic hydroxyl groups is 1. The van der Waals surface area contributed by atoms with Gasteiger partial charge >= 0.3 is 0 Å². The van der Waals surface area contributed by atoms with Crippen LogP contribution in [0.5, 0.6) is 0 Å². The van der Waals surface area contributed by atoms with Gasteiger partial charge < -0.3 is 10.4 Å². The molecule has 0 fully saturated rings. The zero-order valence-electron chi connectivity index (χ0n) is 11.8. The van der Waals surface area contributed by atoms with Gasteiger partial charge in [-0.05, 0) is 36.7 Å². The van der Waals surface area contributed by atoms with Crippen molar-refractivity contribution in [1.29, 1.82) is 0 Å². The summed E-state index contributed by atoms with van der Waals surface area (Å²) in [6.07, 6.45) is -0.425. The van der Waals surface area contributed by atoms with Crippen LogP contribution in [0.1, 0.15) is 18.6 Å². The number of hydrogen-bond donors (Lipinski definition) is 2. The molecule has 0 amide bonds. The number of nitrogens with one attached hydrogen (secondary N) is 1. The van der Waals surface area contributed by atoms with Crippen LogP contribution in [-0.4, -0.2) is 18.7 Å². The highest BCUT2D eigenvalue weighted by molar-refractivity contribution is 7.25. The molecule has 2 unspecified atom stereocenters. The fraction of sp³-hybridized carbons (Fsp3) is 0.294. The molecule has 1 heterocycles. The summed E-state index contributed by atoms with van der Waals surface area (Å²) in [5.74, 6) is 0.197. The minimum Gasteiger partial charge on any atom is -0.388 e. The first-order chi connectivity index (χ1) is 9.70. The van der Waals surface area contributed by atoms with Gasteiger partial charge in [0.05, 0.1) is 6.10 Å². The van der Waals surface area contributed by atoms with Gasteiger partial charge in [-0.15, -0.1) is 11.3 Å². The van der Waals surface area contributed by atoms with Gasteiger partial charge in [-0.1, -0.05) is 31.2 Å². The molecule has 0 saturated carbocycles. The van der Waals surface area contributed by atoms with Crippen molar-refractivity contribution in [3.63, 3.8) is 0 Å². The Morgan fingerprint density at radius 2 is 1.85 bits per heavy atom. The van der Waals surface area contributed by atoms with Crippen molar-refractivity contribution in [3.05, 3.63) is 48.0 Å². The standard InChI is InChI=1S/C17H19NOS/c1-11(10-18-2)17(19)12-7-8-16-14(9-12)13-5-3-4-6-15(13)20-16/h3-9,11,17-19H,10H2,1-2H3. The Morgan fingerprint density at radius 1 is 1.10 bits per heavy atom. The third kappa shape index (κ3) is 2.33. The number of benzene rings is 2. The highest BCUT2D eigenvalue weighted by Gasteiger charge is 2.16. The Hall–Kier alpha value is -1.42. The van der Waals surface area contributed by atoms with E-state index in [0.29, 0.717) is 0 Å². The van der Waals surface area contributed by atoms with E-state index in [1.54, 1.807) is 11.3 Å². The summed E-state index contributed by atoms with van der Waals surface area (Å²) >= 11 is 1.81. The first-order valence-corrected chi connectivity index (χ1v) is 7.76. The molecule has 2 nitrogen and oxygen atoms in total. The summed E-state index contributed by atoms with van der Waals surface area (Å²) in [4.78, 5) is 0. The third-order valence-corrected chi connectivity index (χ3v) is 4.96. The van der Waals surface area contributed by atoms with Crippen LogP contribution < -0.4 is 5.32 Å². The van der Waals surface area contributed by atoms with Crippen molar-refractivity contribution in [1.82, 2.24) is 5.32 Å². The first kappa shape index (κ1) is 13.6. The van der Waals surface area contributed by atoms with E-state index >= 15 is 0 Å². The van der Waals surface area contributed by atoms with Crippen LogP contribution in [0.3, 0.4) is 0 Å². The summed E-state index contributed by atoms with van der Waals surface area (Å²) in [5.41, 5.74) is 1.00. The van der Waals surface area contributed by atoms with E-state index in [2.05, 4.69) is 54.7 Å². The Morgan fingerprint density at radius 3 is 2.65 bits per heavy atom. The van der Waals surface area contributed by atoms with E-state index in [1.807, 2.05) is 7.05 Å². The normalized spacial score (nSPS) is 14.8. The number of fused-ring (bicyclic) bond motifs is 3. The summed E-state index contributed by atoms with van der Waals surface area (Å²) in [7, 11) is 1.92. The van der Waals surface area contributed by atoms with Crippen molar-refractivity contribution >= 4 is 31.5 Å². The Labute approximate surface area is 123 Å². The van der Waals surface area contributed by atoms with Gasteiger partial charge in [0.2, 0.25) is 0 Å². The Kier molecular flexibility index (Phi) is 3.74. The highest BCUT2D eigenvalue weighted by Crippen LogP contribution is 2.35. The SMILES string of the molecule is CNCC(C)C(O)c1ccc2sc3ccccc3c2c1. The lowest BCUT2D eigenvalue weighted by Crippen LogP contribution is -2.22. The minimum atomic E-state index is -0.425. The van der Waals surface area contributed by atoms with E-state index in [0.717, 1.165) is 12.1 Å². The van der Waals surface area contributed by atoms with Gasteiger partial charge in [0.15, 0.2) is 0 Å². The molecule has 2 aromatic carbocycles. The van der Waals surface area contributed by atoms with Crippen LogP contribution in [0, 0.1) is 5.92 Å². The monoisotopic (exact) mass is 285 g/mol. The van der Waals surface area contributed by atoms with Crippen LogP contribution in [0.2, 0.25) is 0 Å². The molecule has 0 radical (unpaired) electrons. The molecule has 104 valence electrons. The van der Waals surface area contributed by atoms with E-state index < -0.39 is 6.10 Å². The van der Waals surface area contributed by atoms with Crippen LogP contribution >= 0.6 is 11.3 Å². The predicted octanol–water partition coefficient (Wildman–Crippen LogP) is 3.94. The molecule has 0 aliphatic carbocycles. The quantitative estimate of drug-likeness (QED) is 0.761. The summed E-state index contributed by atoms with van der Waals surface area (Å²) in [5, 5.41) is 16.1. The van der Waals surface area contributed by atoms with Gasteiger partial charge in [-0.3, -0.25) is 0 Å². The molecule has 3 heteroatoms. The average Bonchev–Trinajstić information content (AvgIpc) is 2.84. The molecule has 0 aliphatic rings. The summed E-state index contributed by atoms with van der Waals surface area (Å²) in [6, 6.07) is 14.8. The fourth-order valence-corrected chi connectivity index (χ4v) is 3.78. The van der Waals surface area contributed by atoms with Crippen molar-refractivity contribution in [2.45, 2.75) is 13.0 Å². The fourth-order valence-electron chi connectivity index (χ4n) is 2.69. The van der Waals surface area contributed by atoms with Gasteiger partial charge in [0, 0.05) is 26.7 Å². The van der Waals surface area contributed by atoms with Crippen LogP contribution in [-0.2, 0) is 0 Å². The maximum atomic E-state index is 10.5. The van der Waals surface area contributed by atoms with Gasteiger partial charge in [0.25, 0.3) is 0 Å². The molecule has 0 spiro atoms. The third-order valence-electron chi connectivity index (χ3n) is 3.81. The van der Waals surface area contributed by atoms with Crippen molar-refractivity contribution in [2.24, 2.45) is 5.92 Å². The number of thiophene rings is 1. The Bertz CT molecular complexity index is 734. The number of hydrogen-bond acceptors (Lipinski definition) is 3. The number of rotatable bonds is 4. The van der Waals surface area contributed by atoms with Gasteiger partial charge in [-0.25, -0.2) is 0 Å². The zero-order chi connectivity index (χ0) is 14.1. The number of aliphatic hydroxyl groups excluding tert-OH is 1. The molecule has 0 bridgehead atoms. The second-order valence-corrected chi connectivity index (χ2v) is 6.42. The first-order valence-electron chi connectivity index (χ1n) is 6.94. The molecular weight excluding hydrogens is 266 g/mol. The van der Waals surface area contributed by atoms with Gasteiger partial charge in [0.1, 0.15) is 0 Å². The molecule has 0 aliphatic heterocycles. The Balaban J connectivity index is 2.07. The largest absolute Gasteiger partial charge is 0.388 e. The summed E-state index contributed by atoms with van der Waals surface area (Å²) < 4.78 is 2.58. The molecule has 2 N–H and O–H groups in total. The van der Waals surface area contributed by atoms with E-state index in [9.17, 15) is 5.11 Å². The lowest BCUT2D eigenvalue weighted by molar-refractivity contribution is 0.118. The second kappa shape index (κ2) is 5.52. The molecule has 0 saturated heterocycles. The van der Waals surface area contributed by atoms with Crippen molar-refractivity contribution in [2.75, 3.05) is 13.6 Å². The molecule has 1 aromatic heterocycles. The molecule has 20 heavy (non-hydrogen) atoms. The van der Waals surface area contributed by atoms with Crippen LogP contribution in [0.4, 0.5) is 0 Å². The molecule has 3 rings (SSSR count). The summed E-state index contributed by atoms with van der Waals surface area (Å²) in [6.45, 7) is 2.88. The lowest BCUT2D eigenvalue weighted by atomic mass is 9.96. The van der Waals surface area contributed by atoms with Crippen LogP contribution in [0.15, 0.2) is 42.5 Å². The lowest BCUT2D eigenvalue weighted by Gasteiger charge is -2.19. The smallest absolute Gasteiger partial charge is 0.0827 e. The average molecular weight is 285 g/mol. The van der Waals surface area contributed by atoms with E-state index in [1.165, 1.54) is 20.2 Å². The maximum absolute atomic E-state index is 10.5. The molecular formula is C17H19NOS. The highest BCUT2D eigenvalue weighted by atomic mass is 32.1. The van der Waals surface area contributed by atoms with Crippen molar-refractivity contribution < 1.29 is 5.11 Å². The van der Waals surface area contributed by atoms with E-state index in [4.69, 9.17) is 0 Å². The van der Waals surface area contributed by atoms with Crippen molar-refractivity contribution in [3.8, 4) is 0 Å². The van der Waals surface area contributed by atoms with Gasteiger partial charge in [-0.2, -0.15) is 0 Å². The van der Waals surface area contributed by atoms with E-state index in [-0.39, 0.29) is 5.92 Å². The second-order valence-electron chi connectivity index (χ2n) is 5.33. The van der Waals surface area contributed by atoms with Crippen LogP contribution in [0.25, 0.3) is 20.2 Å². The molecule has 3 aromatic rings. The minimum absolute atomic E-state index is 0.197.